The molecule has 0 aliphatic carbocycles. The van der Waals surface area contributed by atoms with E-state index >= 15 is 0 Å². The molecule has 22 heavy (non-hydrogen) atoms. The van der Waals surface area contributed by atoms with E-state index in [9.17, 15) is 17.8 Å². The van der Waals surface area contributed by atoms with Crippen LogP contribution in [0.2, 0.25) is 0 Å². The highest BCUT2D eigenvalue weighted by molar-refractivity contribution is 7.85. The molecule has 0 heterocycles. The van der Waals surface area contributed by atoms with Crippen LogP contribution in [0.5, 0.6) is 0 Å². The lowest BCUT2D eigenvalue weighted by atomic mass is 10.1. The van der Waals surface area contributed by atoms with Crippen molar-refractivity contribution in [2.45, 2.75) is 39.5 Å². The molecule has 2 unspecified atom stereocenters. The van der Waals surface area contributed by atoms with Crippen molar-refractivity contribution in [3.05, 3.63) is 12.7 Å². The fraction of sp³-hybridized carbons (Fsp3) is 0.800. The number of hydrogen-bond acceptors (Lipinski definition) is 5. The second-order valence-electron chi connectivity index (χ2n) is 5.70. The van der Waals surface area contributed by atoms with Gasteiger partial charge in [0.1, 0.15) is 0 Å². The number of ether oxygens (including phenoxy) is 1. The highest BCUT2D eigenvalue weighted by atomic mass is 32.2. The zero-order valence-electron chi connectivity index (χ0n) is 13.7. The average Bonchev–Trinajstić information content (AvgIpc) is 2.45. The van der Waals surface area contributed by atoms with Gasteiger partial charge in [-0.05, 0) is 12.3 Å². The summed E-state index contributed by atoms with van der Waals surface area (Å²) in [6.07, 6.45) is 4.57. The summed E-state index contributed by atoms with van der Waals surface area (Å²) in [5, 5.41) is 0. The minimum atomic E-state index is -4.12. The maximum atomic E-state index is 11.0. The second kappa shape index (κ2) is 11.6. The van der Waals surface area contributed by atoms with E-state index in [4.69, 9.17) is 4.74 Å². The summed E-state index contributed by atoms with van der Waals surface area (Å²) >= 11 is 0. The summed E-state index contributed by atoms with van der Waals surface area (Å²) in [5.41, 5.74) is 0. The molecular weight excluding hydrogens is 306 g/mol. The van der Waals surface area contributed by atoms with E-state index in [2.05, 4.69) is 13.5 Å². The molecule has 0 bridgehead atoms. The van der Waals surface area contributed by atoms with Gasteiger partial charge >= 0.3 is 5.97 Å². The van der Waals surface area contributed by atoms with Gasteiger partial charge in [0, 0.05) is 24.7 Å². The van der Waals surface area contributed by atoms with Gasteiger partial charge in [-0.2, -0.15) is 0 Å². The van der Waals surface area contributed by atoms with Crippen LogP contribution >= 0.6 is 0 Å². The number of rotatable bonds is 13. The van der Waals surface area contributed by atoms with Crippen LogP contribution in [0, 0.1) is 5.92 Å². The van der Waals surface area contributed by atoms with Crippen LogP contribution in [0.15, 0.2) is 12.7 Å². The van der Waals surface area contributed by atoms with Crippen molar-refractivity contribution >= 4 is 16.1 Å². The third kappa shape index (κ3) is 12.8. The molecule has 1 N–H and O–H groups in total. The van der Waals surface area contributed by atoms with Gasteiger partial charge in [-0.1, -0.05) is 26.8 Å². The number of carbonyl (C=O) groups excluding carboxylic acids is 1. The number of carbonyl (C=O) groups is 1. The molecule has 0 amide bonds. The number of nitrogens with one attached hydrogen (secondary N) is 1. The Morgan fingerprint density at radius 3 is 2.50 bits per heavy atom. The Balaban J connectivity index is 4.11. The Hall–Kier alpha value is -0.920. The second-order valence-corrected chi connectivity index (χ2v) is 7.22. The first-order valence-corrected chi connectivity index (χ1v) is 9.42. The van der Waals surface area contributed by atoms with E-state index in [-0.39, 0.29) is 11.7 Å². The first-order chi connectivity index (χ1) is 10.3. The molecule has 130 valence electrons. The van der Waals surface area contributed by atoms with E-state index in [1.54, 1.807) is 0 Å². The summed E-state index contributed by atoms with van der Waals surface area (Å²) in [5.74, 6) is -0.471. The lowest BCUT2D eigenvalue weighted by Crippen LogP contribution is -3.12. The number of unbranched alkanes of at least 4 members (excludes halogenated alkanes) is 1. The molecule has 0 aromatic carbocycles. The van der Waals surface area contributed by atoms with Gasteiger partial charge in [0.2, 0.25) is 0 Å². The molecule has 0 radical (unpaired) electrons. The molecule has 0 fully saturated rings. The van der Waals surface area contributed by atoms with Gasteiger partial charge in [-0.3, -0.25) is 0 Å². The van der Waals surface area contributed by atoms with Crippen LogP contribution < -0.4 is 4.90 Å². The molecular formula is C15H29NO5S. The molecule has 0 saturated carbocycles. The molecule has 0 aliphatic heterocycles. The van der Waals surface area contributed by atoms with Gasteiger partial charge in [0.05, 0.1) is 36.4 Å². The molecule has 0 saturated heterocycles. The Labute approximate surface area is 134 Å². The highest BCUT2D eigenvalue weighted by Crippen LogP contribution is 2.01. The van der Waals surface area contributed by atoms with Gasteiger partial charge in [-0.15, -0.1) is 0 Å². The third-order valence-electron chi connectivity index (χ3n) is 3.48. The quantitative estimate of drug-likeness (QED) is 0.298. The van der Waals surface area contributed by atoms with Crippen LogP contribution in [-0.4, -0.2) is 50.9 Å². The molecule has 6 nitrogen and oxygen atoms in total. The monoisotopic (exact) mass is 335 g/mol. The largest absolute Gasteiger partial charge is 0.748 e. The zero-order chi connectivity index (χ0) is 17.0. The Kier molecular flexibility index (Phi) is 11.1. The van der Waals surface area contributed by atoms with Crippen molar-refractivity contribution in [3.8, 4) is 0 Å². The van der Waals surface area contributed by atoms with Crippen LogP contribution in [0.25, 0.3) is 0 Å². The highest BCUT2D eigenvalue weighted by Gasteiger charge is 2.12. The number of hydrogen-bond donors (Lipinski definition) is 1. The fourth-order valence-corrected chi connectivity index (χ4v) is 2.62. The molecule has 0 aromatic rings. The average molecular weight is 335 g/mol. The Morgan fingerprint density at radius 1 is 1.32 bits per heavy atom. The molecule has 0 aromatic heterocycles. The van der Waals surface area contributed by atoms with Gasteiger partial charge < -0.3 is 14.2 Å². The maximum absolute atomic E-state index is 11.0. The normalized spacial score (nSPS) is 14.3. The number of esters is 1. The fourth-order valence-electron chi connectivity index (χ4n) is 2.12. The molecule has 0 aliphatic rings. The van der Waals surface area contributed by atoms with Crippen molar-refractivity contribution in [3.63, 3.8) is 0 Å². The van der Waals surface area contributed by atoms with Gasteiger partial charge in [0.15, 0.2) is 0 Å². The first kappa shape index (κ1) is 21.1. The molecule has 0 spiro atoms. The smallest absolute Gasteiger partial charge is 0.330 e. The summed E-state index contributed by atoms with van der Waals surface area (Å²) in [4.78, 5) is 12.3. The van der Waals surface area contributed by atoms with Crippen molar-refractivity contribution in [1.82, 2.24) is 0 Å². The SMILES string of the molecule is C=CC(=O)OCC(C)CC[NH+](CCCC)CCCS(=O)(=O)[O-]. The van der Waals surface area contributed by atoms with E-state index in [0.717, 1.165) is 38.4 Å². The molecule has 7 heteroatoms. The van der Waals surface area contributed by atoms with E-state index < -0.39 is 16.1 Å². The Morgan fingerprint density at radius 2 is 1.95 bits per heavy atom. The predicted molar refractivity (Wildman–Crippen MR) is 84.6 cm³/mol. The van der Waals surface area contributed by atoms with Crippen LogP contribution in [-0.2, 0) is 19.6 Å². The van der Waals surface area contributed by atoms with Crippen molar-refractivity contribution in [2.24, 2.45) is 5.92 Å². The zero-order valence-corrected chi connectivity index (χ0v) is 14.5. The van der Waals surface area contributed by atoms with Gasteiger partial charge in [-0.25, -0.2) is 13.2 Å². The summed E-state index contributed by atoms with van der Waals surface area (Å²) in [6, 6.07) is 0. The topological polar surface area (TPSA) is 87.9 Å². The van der Waals surface area contributed by atoms with Crippen molar-refractivity contribution in [2.75, 3.05) is 32.0 Å². The predicted octanol–water partition coefficient (Wildman–Crippen LogP) is 0.362. The van der Waals surface area contributed by atoms with Crippen LogP contribution in [0.3, 0.4) is 0 Å². The maximum Gasteiger partial charge on any atom is 0.330 e. The standard InChI is InChI=1S/C15H29NO5S/c1-4-6-9-16(10-7-12-22(18,19)20)11-8-14(3)13-21-15(17)5-2/h5,14H,2,4,6-13H2,1,3H3,(H,18,19,20). The van der Waals surface area contributed by atoms with Crippen LogP contribution in [0.1, 0.15) is 39.5 Å². The van der Waals surface area contributed by atoms with E-state index in [0.29, 0.717) is 19.6 Å². The van der Waals surface area contributed by atoms with E-state index in [1.807, 2.05) is 6.92 Å². The lowest BCUT2D eigenvalue weighted by Gasteiger charge is -2.21. The van der Waals surface area contributed by atoms with Crippen molar-refractivity contribution < 1.29 is 27.4 Å². The molecule has 2 atom stereocenters. The summed E-state index contributed by atoms with van der Waals surface area (Å²) in [6.45, 7) is 10.4. The third-order valence-corrected chi connectivity index (χ3v) is 4.26. The van der Waals surface area contributed by atoms with E-state index in [1.165, 1.54) is 4.90 Å². The van der Waals surface area contributed by atoms with Crippen LogP contribution in [0.4, 0.5) is 0 Å². The first-order valence-electron chi connectivity index (χ1n) is 7.84. The van der Waals surface area contributed by atoms with Crippen molar-refractivity contribution in [1.29, 1.82) is 0 Å². The minimum absolute atomic E-state index is 0.240. The Bertz CT molecular complexity index is 422. The summed E-state index contributed by atoms with van der Waals surface area (Å²) < 4.78 is 37.0. The lowest BCUT2D eigenvalue weighted by molar-refractivity contribution is -0.900. The minimum Gasteiger partial charge on any atom is -0.748 e. The molecule has 0 rings (SSSR count). The van der Waals surface area contributed by atoms with Gasteiger partial charge in [0.25, 0.3) is 0 Å². The summed E-state index contributed by atoms with van der Waals surface area (Å²) in [7, 11) is -4.12. The number of quaternary nitrogens is 1.